The summed E-state index contributed by atoms with van der Waals surface area (Å²) in [6.07, 6.45) is 4.16. The Hall–Kier alpha value is -2.66. The molecule has 0 saturated carbocycles. The Kier molecular flexibility index (Phi) is 4.48. The first-order valence-electron chi connectivity index (χ1n) is 8.20. The van der Waals surface area contributed by atoms with Crippen LogP contribution in [0.3, 0.4) is 0 Å². The van der Waals surface area contributed by atoms with Crippen molar-refractivity contribution in [1.82, 2.24) is 5.16 Å². The maximum Gasteiger partial charge on any atom is 0.179 e. The number of anilines is 1. The molecule has 0 bridgehead atoms. The van der Waals surface area contributed by atoms with Crippen LogP contribution in [0, 0.1) is 6.92 Å². The van der Waals surface area contributed by atoms with Crippen LogP contribution in [0.5, 0.6) is 5.75 Å². The van der Waals surface area contributed by atoms with Crippen molar-refractivity contribution in [2.45, 2.75) is 24.7 Å². The summed E-state index contributed by atoms with van der Waals surface area (Å²) < 4.78 is 14.3. The second-order valence-electron chi connectivity index (χ2n) is 5.87. The van der Waals surface area contributed by atoms with E-state index < -0.39 is 0 Å². The maximum atomic E-state index is 6.13. The van der Waals surface area contributed by atoms with Crippen molar-refractivity contribution >= 4 is 23.5 Å². The summed E-state index contributed by atoms with van der Waals surface area (Å²) in [5, 5.41) is 3.92. The van der Waals surface area contributed by atoms with Gasteiger partial charge in [-0.25, -0.2) is 0 Å². The van der Waals surface area contributed by atoms with Crippen molar-refractivity contribution in [2.75, 3.05) is 4.72 Å². The minimum Gasteiger partial charge on any atom is -0.457 e. The van der Waals surface area contributed by atoms with E-state index in [9.17, 15) is 0 Å². The van der Waals surface area contributed by atoms with Gasteiger partial charge in [0, 0.05) is 16.5 Å². The summed E-state index contributed by atoms with van der Waals surface area (Å²) >= 11 is 1.50. The van der Waals surface area contributed by atoms with Crippen LogP contribution in [-0.4, -0.2) is 5.16 Å². The van der Waals surface area contributed by atoms with Gasteiger partial charge in [0.25, 0.3) is 0 Å². The van der Waals surface area contributed by atoms with E-state index in [-0.39, 0.29) is 0 Å². The first kappa shape index (κ1) is 15.8. The van der Waals surface area contributed by atoms with Crippen molar-refractivity contribution in [1.29, 1.82) is 0 Å². The number of nitrogens with one attached hydrogen (secondary N) is 1. The zero-order valence-electron chi connectivity index (χ0n) is 13.9. The van der Waals surface area contributed by atoms with Gasteiger partial charge in [0.05, 0.1) is 0 Å². The molecule has 1 aromatic heterocycles. The average Bonchev–Trinajstić information content (AvgIpc) is 2.94. The lowest BCUT2D eigenvalue weighted by Gasteiger charge is -2.11. The van der Waals surface area contributed by atoms with Gasteiger partial charge in [-0.2, -0.15) is 0 Å². The molecule has 3 aromatic rings. The molecule has 0 atom stereocenters. The summed E-state index contributed by atoms with van der Waals surface area (Å²) in [5.74, 6) is 3.38. The van der Waals surface area contributed by atoms with Crippen LogP contribution in [0.2, 0.25) is 0 Å². The number of hydrogen-bond donors (Lipinski definition) is 1. The lowest BCUT2D eigenvalue weighted by molar-refractivity contribution is 0.400. The number of allylic oxidation sites excluding steroid dienone is 1. The summed E-state index contributed by atoms with van der Waals surface area (Å²) in [6, 6.07) is 18.4. The fourth-order valence-corrected chi connectivity index (χ4v) is 3.31. The number of aromatic nitrogens is 1. The summed E-state index contributed by atoms with van der Waals surface area (Å²) in [6.45, 7) is 1.87. The largest absolute Gasteiger partial charge is 0.457 e. The van der Waals surface area contributed by atoms with Gasteiger partial charge >= 0.3 is 0 Å². The van der Waals surface area contributed by atoms with E-state index in [1.54, 1.807) is 0 Å². The Bertz CT molecular complexity index is 900. The highest BCUT2D eigenvalue weighted by Crippen LogP contribution is 2.30. The standard InChI is InChI=1S/C20H18N2O2S/c1-14-13-20(21-24-14)22-25-17-11-9-16(10-12-17)19-8-4-6-15-5-2-3-7-18(15)23-19/h2-3,5,7-13H,4,6H2,1H3,(H,21,22). The topological polar surface area (TPSA) is 47.3 Å². The average molecular weight is 350 g/mol. The molecule has 5 heteroatoms. The van der Waals surface area contributed by atoms with Gasteiger partial charge in [-0.1, -0.05) is 35.5 Å². The van der Waals surface area contributed by atoms with E-state index in [0.717, 1.165) is 46.4 Å². The molecule has 0 saturated heterocycles. The molecule has 0 aliphatic carbocycles. The van der Waals surface area contributed by atoms with Gasteiger partial charge in [0.2, 0.25) is 0 Å². The molecule has 0 unspecified atom stereocenters. The summed E-state index contributed by atoms with van der Waals surface area (Å²) in [7, 11) is 0. The second kappa shape index (κ2) is 7.07. The van der Waals surface area contributed by atoms with Crippen LogP contribution >= 0.6 is 11.9 Å². The Morgan fingerprint density at radius 3 is 2.72 bits per heavy atom. The highest BCUT2D eigenvalue weighted by molar-refractivity contribution is 8.00. The lowest BCUT2D eigenvalue weighted by Crippen LogP contribution is -1.95. The predicted molar refractivity (Wildman–Crippen MR) is 101 cm³/mol. The second-order valence-corrected chi connectivity index (χ2v) is 6.75. The van der Waals surface area contributed by atoms with Crippen molar-refractivity contribution in [3.8, 4) is 5.75 Å². The highest BCUT2D eigenvalue weighted by Gasteiger charge is 2.12. The highest BCUT2D eigenvalue weighted by atomic mass is 32.2. The van der Waals surface area contributed by atoms with E-state index in [0.29, 0.717) is 0 Å². The molecule has 1 N–H and O–H groups in total. The zero-order valence-corrected chi connectivity index (χ0v) is 14.7. The fraction of sp³-hybridized carbons (Fsp3) is 0.150. The molecule has 4 rings (SSSR count). The number of rotatable bonds is 4. The van der Waals surface area contributed by atoms with E-state index in [1.165, 1.54) is 17.5 Å². The molecule has 1 aliphatic rings. The van der Waals surface area contributed by atoms with Crippen molar-refractivity contribution in [2.24, 2.45) is 0 Å². The molecular formula is C20H18N2O2S. The first-order valence-corrected chi connectivity index (χ1v) is 9.02. The van der Waals surface area contributed by atoms with E-state index in [2.05, 4.69) is 52.4 Å². The van der Waals surface area contributed by atoms with Crippen LogP contribution in [-0.2, 0) is 6.42 Å². The fourth-order valence-electron chi connectivity index (χ4n) is 2.72. The summed E-state index contributed by atoms with van der Waals surface area (Å²) in [4.78, 5) is 1.10. The molecule has 126 valence electrons. The molecular weight excluding hydrogens is 332 g/mol. The first-order chi connectivity index (χ1) is 12.3. The van der Waals surface area contributed by atoms with E-state index >= 15 is 0 Å². The Labute approximate surface area is 151 Å². The molecule has 1 aliphatic heterocycles. The van der Waals surface area contributed by atoms with Crippen LogP contribution in [0.15, 0.2) is 70.1 Å². The Morgan fingerprint density at radius 1 is 1.08 bits per heavy atom. The Morgan fingerprint density at radius 2 is 1.92 bits per heavy atom. The van der Waals surface area contributed by atoms with Gasteiger partial charge in [-0.15, -0.1) is 0 Å². The molecule has 0 radical (unpaired) electrons. The van der Waals surface area contributed by atoms with Crippen molar-refractivity contribution in [3.05, 3.63) is 77.6 Å². The van der Waals surface area contributed by atoms with Crippen LogP contribution < -0.4 is 9.46 Å². The quantitative estimate of drug-likeness (QED) is 0.632. The third kappa shape index (κ3) is 3.72. The number of hydrogen-bond acceptors (Lipinski definition) is 5. The SMILES string of the molecule is Cc1cc(NSc2ccc(C3=CCCc4ccccc4O3)cc2)no1. The van der Waals surface area contributed by atoms with Gasteiger partial charge < -0.3 is 14.0 Å². The number of fused-ring (bicyclic) bond motifs is 1. The number of nitrogens with zero attached hydrogens (tertiary/aromatic N) is 1. The lowest BCUT2D eigenvalue weighted by atomic mass is 10.1. The number of para-hydroxylation sites is 1. The molecule has 25 heavy (non-hydrogen) atoms. The number of benzene rings is 2. The maximum absolute atomic E-state index is 6.13. The Balaban J connectivity index is 1.45. The minimum absolute atomic E-state index is 0.720. The number of ether oxygens (including phenoxy) is 1. The van der Waals surface area contributed by atoms with Crippen LogP contribution in [0.25, 0.3) is 5.76 Å². The predicted octanol–water partition coefficient (Wildman–Crippen LogP) is 5.47. The molecule has 0 fully saturated rings. The molecule has 0 spiro atoms. The van der Waals surface area contributed by atoms with Crippen LogP contribution in [0.4, 0.5) is 5.82 Å². The van der Waals surface area contributed by atoms with Gasteiger partial charge in [-0.05, 0) is 61.6 Å². The van der Waals surface area contributed by atoms with E-state index in [4.69, 9.17) is 9.26 Å². The zero-order chi connectivity index (χ0) is 17.1. The van der Waals surface area contributed by atoms with Crippen molar-refractivity contribution < 1.29 is 9.26 Å². The minimum atomic E-state index is 0.720. The van der Waals surface area contributed by atoms with Gasteiger partial charge in [0.15, 0.2) is 5.82 Å². The summed E-state index contributed by atoms with van der Waals surface area (Å²) in [5.41, 5.74) is 2.34. The van der Waals surface area contributed by atoms with Crippen LogP contribution in [0.1, 0.15) is 23.3 Å². The molecule has 2 heterocycles. The number of aryl methyl sites for hydroxylation is 2. The third-order valence-electron chi connectivity index (χ3n) is 3.98. The third-order valence-corrected chi connectivity index (χ3v) is 4.80. The van der Waals surface area contributed by atoms with E-state index in [1.807, 2.05) is 25.1 Å². The van der Waals surface area contributed by atoms with Gasteiger partial charge in [-0.3, -0.25) is 0 Å². The van der Waals surface area contributed by atoms with Gasteiger partial charge in [0.1, 0.15) is 17.3 Å². The monoisotopic (exact) mass is 350 g/mol. The normalized spacial score (nSPS) is 13.4. The molecule has 4 nitrogen and oxygen atoms in total. The smallest absolute Gasteiger partial charge is 0.179 e. The molecule has 2 aromatic carbocycles. The van der Waals surface area contributed by atoms with Crippen molar-refractivity contribution in [3.63, 3.8) is 0 Å². The molecule has 0 amide bonds.